The Morgan fingerprint density at radius 1 is 0.963 bits per heavy atom. The Hall–Kier alpha value is -2.08. The molecule has 4 rings (SSSR count). The summed E-state index contributed by atoms with van der Waals surface area (Å²) in [6.07, 6.45) is 5.84. The second-order valence-corrected chi connectivity index (χ2v) is 7.87. The number of rotatable bonds is 2. The summed E-state index contributed by atoms with van der Waals surface area (Å²) in [7, 11) is 0. The van der Waals surface area contributed by atoms with Crippen LogP contribution in [-0.4, -0.2) is 66.1 Å². The Labute approximate surface area is 160 Å². The van der Waals surface area contributed by atoms with E-state index in [9.17, 15) is 14.7 Å². The molecule has 2 fully saturated rings. The van der Waals surface area contributed by atoms with Gasteiger partial charge in [-0.05, 0) is 61.8 Å². The molecule has 1 N–H and O–H groups in total. The lowest BCUT2D eigenvalue weighted by Gasteiger charge is -2.36. The third-order valence-electron chi connectivity index (χ3n) is 6.07. The number of fused-ring (bicyclic) bond motifs is 1. The molecule has 2 aliphatic heterocycles. The molecule has 27 heavy (non-hydrogen) atoms. The zero-order valence-electron chi connectivity index (χ0n) is 15.8. The van der Waals surface area contributed by atoms with E-state index >= 15 is 0 Å². The first-order valence-corrected chi connectivity index (χ1v) is 10.1. The number of hydrogen-bond donors (Lipinski definition) is 1. The number of morpholine rings is 1. The Bertz CT molecular complexity index is 727. The van der Waals surface area contributed by atoms with Gasteiger partial charge in [-0.2, -0.15) is 0 Å². The highest BCUT2D eigenvalue weighted by Gasteiger charge is 2.33. The molecule has 2 amide bonds. The smallest absolute Gasteiger partial charge is 0.257 e. The van der Waals surface area contributed by atoms with E-state index in [1.807, 2.05) is 11.0 Å². The third kappa shape index (κ3) is 3.81. The molecule has 1 aromatic carbocycles. The fraction of sp³-hybridized carbons (Fsp3) is 0.619. The molecule has 1 atom stereocenters. The van der Waals surface area contributed by atoms with Gasteiger partial charge in [0.1, 0.15) is 5.75 Å². The molecule has 0 radical (unpaired) electrons. The van der Waals surface area contributed by atoms with E-state index in [0.29, 0.717) is 45.0 Å². The van der Waals surface area contributed by atoms with Crippen molar-refractivity contribution in [1.29, 1.82) is 0 Å². The van der Waals surface area contributed by atoms with Crippen LogP contribution in [0, 0.1) is 5.92 Å². The Balaban J connectivity index is 1.48. The van der Waals surface area contributed by atoms with E-state index in [1.54, 1.807) is 11.0 Å². The van der Waals surface area contributed by atoms with Gasteiger partial charge in [0, 0.05) is 26.2 Å². The molecule has 146 valence electrons. The van der Waals surface area contributed by atoms with Gasteiger partial charge in [0.15, 0.2) is 0 Å². The van der Waals surface area contributed by atoms with Crippen molar-refractivity contribution in [2.75, 3.05) is 39.4 Å². The lowest BCUT2D eigenvalue weighted by atomic mass is 9.89. The van der Waals surface area contributed by atoms with Crippen molar-refractivity contribution < 1.29 is 19.4 Å². The fourth-order valence-corrected chi connectivity index (χ4v) is 4.52. The quantitative estimate of drug-likeness (QED) is 0.862. The van der Waals surface area contributed by atoms with Crippen LogP contribution in [0.25, 0.3) is 0 Å². The number of phenolic OH excluding ortho intramolecular Hbond substituents is 1. The average Bonchev–Trinajstić information content (AvgIpc) is 2.73. The topological polar surface area (TPSA) is 70.1 Å². The van der Waals surface area contributed by atoms with Crippen LogP contribution in [0.3, 0.4) is 0 Å². The summed E-state index contributed by atoms with van der Waals surface area (Å²) in [6.45, 7) is 3.52. The van der Waals surface area contributed by atoms with Crippen LogP contribution in [0.2, 0.25) is 0 Å². The Morgan fingerprint density at radius 3 is 2.41 bits per heavy atom. The van der Waals surface area contributed by atoms with Crippen molar-refractivity contribution in [2.24, 2.45) is 5.92 Å². The number of aryl methyl sites for hydroxylation is 2. The maximum atomic E-state index is 13.1. The second kappa shape index (κ2) is 7.89. The average molecular weight is 372 g/mol. The lowest BCUT2D eigenvalue weighted by Crippen LogP contribution is -2.49. The zero-order chi connectivity index (χ0) is 18.8. The maximum Gasteiger partial charge on any atom is 0.257 e. The van der Waals surface area contributed by atoms with Crippen molar-refractivity contribution in [2.45, 2.75) is 38.5 Å². The van der Waals surface area contributed by atoms with E-state index < -0.39 is 0 Å². The van der Waals surface area contributed by atoms with Gasteiger partial charge < -0.3 is 19.6 Å². The standard InChI is InChI=1S/C21H28N2O4/c24-19-13-16-5-2-1-4-15(16)12-18(19)21(26)23-7-3-6-17(14-23)20(25)22-8-10-27-11-9-22/h12-13,17,24H,1-11,14H2/t17-/m0/s1. The first-order chi connectivity index (χ1) is 13.1. The van der Waals surface area contributed by atoms with E-state index in [4.69, 9.17) is 4.74 Å². The SMILES string of the molecule is O=C(c1cc2c(cc1O)CCCC2)N1CCC[C@H](C(=O)N2CCOCC2)C1. The summed E-state index contributed by atoms with van der Waals surface area (Å²) in [5.41, 5.74) is 2.73. The molecule has 0 aromatic heterocycles. The minimum Gasteiger partial charge on any atom is -0.507 e. The molecule has 0 unspecified atom stereocenters. The van der Waals surface area contributed by atoms with Gasteiger partial charge in [-0.15, -0.1) is 0 Å². The van der Waals surface area contributed by atoms with Crippen LogP contribution in [-0.2, 0) is 22.4 Å². The number of carbonyl (C=O) groups is 2. The number of amides is 2. The summed E-state index contributed by atoms with van der Waals surface area (Å²) in [6, 6.07) is 3.64. The number of ether oxygens (including phenoxy) is 1. The number of phenols is 1. The maximum absolute atomic E-state index is 13.1. The van der Waals surface area contributed by atoms with Crippen molar-refractivity contribution in [3.8, 4) is 5.75 Å². The number of benzene rings is 1. The number of nitrogens with zero attached hydrogens (tertiary/aromatic N) is 2. The van der Waals surface area contributed by atoms with E-state index in [2.05, 4.69) is 0 Å². The van der Waals surface area contributed by atoms with Crippen LogP contribution in [0.15, 0.2) is 12.1 Å². The summed E-state index contributed by atoms with van der Waals surface area (Å²) < 4.78 is 5.33. The molecule has 0 bridgehead atoms. The van der Waals surface area contributed by atoms with Gasteiger partial charge in [0.2, 0.25) is 5.91 Å². The first kappa shape index (κ1) is 18.3. The van der Waals surface area contributed by atoms with Gasteiger partial charge in [-0.25, -0.2) is 0 Å². The first-order valence-electron chi connectivity index (χ1n) is 10.1. The third-order valence-corrected chi connectivity index (χ3v) is 6.07. The van der Waals surface area contributed by atoms with Gasteiger partial charge >= 0.3 is 0 Å². The number of piperidine rings is 1. The zero-order valence-corrected chi connectivity index (χ0v) is 15.8. The number of aromatic hydroxyl groups is 1. The van der Waals surface area contributed by atoms with Crippen LogP contribution >= 0.6 is 0 Å². The normalized spacial score (nSPS) is 23.0. The second-order valence-electron chi connectivity index (χ2n) is 7.87. The fourth-order valence-electron chi connectivity index (χ4n) is 4.52. The minimum absolute atomic E-state index is 0.0716. The van der Waals surface area contributed by atoms with Crippen LogP contribution in [0.4, 0.5) is 0 Å². The molecule has 6 nitrogen and oxygen atoms in total. The summed E-state index contributed by atoms with van der Waals surface area (Å²) >= 11 is 0. The Morgan fingerprint density at radius 2 is 1.67 bits per heavy atom. The van der Waals surface area contributed by atoms with Gasteiger partial charge in [0.05, 0.1) is 24.7 Å². The van der Waals surface area contributed by atoms with Gasteiger partial charge in [-0.1, -0.05) is 0 Å². The predicted octanol–water partition coefficient (Wildman–Crippen LogP) is 1.98. The monoisotopic (exact) mass is 372 g/mol. The Kier molecular flexibility index (Phi) is 5.34. The lowest BCUT2D eigenvalue weighted by molar-refractivity contribution is -0.141. The molecule has 1 aliphatic carbocycles. The molecule has 2 saturated heterocycles. The van der Waals surface area contributed by atoms with Crippen LogP contribution in [0.1, 0.15) is 47.2 Å². The van der Waals surface area contributed by atoms with Gasteiger partial charge in [-0.3, -0.25) is 9.59 Å². The number of carbonyl (C=O) groups excluding carboxylic acids is 2. The van der Waals surface area contributed by atoms with E-state index in [-0.39, 0.29) is 23.5 Å². The molecule has 6 heteroatoms. The highest BCUT2D eigenvalue weighted by atomic mass is 16.5. The van der Waals surface area contributed by atoms with Crippen molar-refractivity contribution in [3.63, 3.8) is 0 Å². The molecule has 1 aromatic rings. The number of hydrogen-bond acceptors (Lipinski definition) is 4. The van der Waals surface area contributed by atoms with Crippen LogP contribution < -0.4 is 0 Å². The molecular formula is C21H28N2O4. The molecular weight excluding hydrogens is 344 g/mol. The number of likely N-dealkylation sites (tertiary alicyclic amines) is 1. The largest absolute Gasteiger partial charge is 0.507 e. The summed E-state index contributed by atoms with van der Waals surface area (Å²) in [5.74, 6) is -0.103. The van der Waals surface area contributed by atoms with Crippen molar-refractivity contribution >= 4 is 11.8 Å². The van der Waals surface area contributed by atoms with Crippen molar-refractivity contribution in [3.05, 3.63) is 28.8 Å². The highest BCUT2D eigenvalue weighted by Crippen LogP contribution is 2.30. The highest BCUT2D eigenvalue weighted by molar-refractivity contribution is 5.97. The molecule has 3 aliphatic rings. The van der Waals surface area contributed by atoms with Gasteiger partial charge in [0.25, 0.3) is 5.91 Å². The molecule has 2 heterocycles. The van der Waals surface area contributed by atoms with Crippen molar-refractivity contribution in [1.82, 2.24) is 9.80 Å². The van der Waals surface area contributed by atoms with E-state index in [1.165, 1.54) is 5.56 Å². The summed E-state index contributed by atoms with van der Waals surface area (Å²) in [5, 5.41) is 10.4. The minimum atomic E-state index is -0.152. The van der Waals surface area contributed by atoms with Crippen LogP contribution in [0.5, 0.6) is 5.75 Å². The molecule has 0 saturated carbocycles. The van der Waals surface area contributed by atoms with E-state index in [0.717, 1.165) is 44.1 Å². The molecule has 0 spiro atoms. The summed E-state index contributed by atoms with van der Waals surface area (Å²) in [4.78, 5) is 29.5. The predicted molar refractivity (Wildman–Crippen MR) is 101 cm³/mol.